The number of para-hydroxylation sites is 2. The van der Waals surface area contributed by atoms with Gasteiger partial charge in [0.05, 0.1) is 24.7 Å². The molecular weight excluding hydrogens is 379 g/mol. The lowest BCUT2D eigenvalue weighted by molar-refractivity contribution is -0.126. The van der Waals surface area contributed by atoms with Crippen molar-refractivity contribution < 1.29 is 14.3 Å². The van der Waals surface area contributed by atoms with E-state index in [1.807, 2.05) is 35.0 Å². The highest BCUT2D eigenvalue weighted by atomic mass is 35.5. The van der Waals surface area contributed by atoms with E-state index in [0.29, 0.717) is 37.6 Å². The molecule has 1 fully saturated rings. The number of aromatic nitrogens is 2. The minimum Gasteiger partial charge on any atom is -0.490 e. The fourth-order valence-electron chi connectivity index (χ4n) is 2.66. The van der Waals surface area contributed by atoms with Crippen LogP contribution in [0.1, 0.15) is 12.8 Å². The maximum atomic E-state index is 12.3. The van der Waals surface area contributed by atoms with Gasteiger partial charge in [0.15, 0.2) is 0 Å². The lowest BCUT2D eigenvalue weighted by atomic mass is 10.2. The van der Waals surface area contributed by atoms with Gasteiger partial charge in [0.25, 0.3) is 5.91 Å². The summed E-state index contributed by atoms with van der Waals surface area (Å²) in [5.74, 6) is 0.482. The van der Waals surface area contributed by atoms with Crippen molar-refractivity contribution in [2.45, 2.75) is 31.6 Å². The molecule has 26 heavy (non-hydrogen) atoms. The number of hydrogen-bond donors (Lipinski definition) is 2. The van der Waals surface area contributed by atoms with Crippen LogP contribution in [0.2, 0.25) is 0 Å². The summed E-state index contributed by atoms with van der Waals surface area (Å²) in [6.45, 7) is 1.61. The van der Waals surface area contributed by atoms with Gasteiger partial charge in [-0.1, -0.05) is 12.1 Å². The van der Waals surface area contributed by atoms with Crippen molar-refractivity contribution in [2.24, 2.45) is 5.73 Å². The molecule has 7 nitrogen and oxygen atoms in total. The molecule has 3 rings (SSSR count). The fourth-order valence-corrected chi connectivity index (χ4v) is 2.66. The molecule has 2 atom stereocenters. The molecule has 2 aromatic rings. The maximum absolute atomic E-state index is 12.3. The summed E-state index contributed by atoms with van der Waals surface area (Å²) < 4.78 is 13.3. The Balaban J connectivity index is 0.00000169. The van der Waals surface area contributed by atoms with Crippen molar-refractivity contribution in [3.8, 4) is 5.75 Å². The number of rotatable bonds is 7. The van der Waals surface area contributed by atoms with Crippen molar-refractivity contribution in [1.82, 2.24) is 9.55 Å². The first-order chi connectivity index (χ1) is 11.8. The Hall–Kier alpha value is -1.80. The highest BCUT2D eigenvalue weighted by Gasteiger charge is 2.30. The number of nitrogens with two attached hydrogens (primary N) is 1. The van der Waals surface area contributed by atoms with E-state index in [2.05, 4.69) is 10.3 Å². The number of halogens is 2. The van der Waals surface area contributed by atoms with Crippen molar-refractivity contribution in [3.63, 3.8) is 0 Å². The normalized spacial score (nSPS) is 18.5. The van der Waals surface area contributed by atoms with Gasteiger partial charge in [-0.15, -0.1) is 24.8 Å². The first kappa shape index (κ1) is 22.2. The van der Waals surface area contributed by atoms with Gasteiger partial charge >= 0.3 is 0 Å². The lowest BCUT2D eigenvalue weighted by Gasteiger charge is -2.15. The molecule has 0 aliphatic carbocycles. The number of hydrogen-bond acceptors (Lipinski definition) is 5. The zero-order valence-electron chi connectivity index (χ0n) is 14.2. The molecule has 9 heteroatoms. The summed E-state index contributed by atoms with van der Waals surface area (Å²) in [6, 6.07) is 7.39. The molecule has 3 N–H and O–H groups in total. The Morgan fingerprint density at radius 1 is 1.35 bits per heavy atom. The molecule has 1 aliphatic rings. The van der Waals surface area contributed by atoms with Crippen molar-refractivity contribution >= 4 is 36.4 Å². The molecule has 1 aromatic carbocycles. The largest absolute Gasteiger partial charge is 0.490 e. The van der Waals surface area contributed by atoms with Crippen LogP contribution in [-0.4, -0.2) is 40.8 Å². The topological polar surface area (TPSA) is 91.4 Å². The molecular formula is C17H24Cl2N4O3. The Morgan fingerprint density at radius 3 is 2.85 bits per heavy atom. The predicted molar refractivity (Wildman–Crippen MR) is 104 cm³/mol. The summed E-state index contributed by atoms with van der Waals surface area (Å²) in [5, 5.41) is 2.89. The van der Waals surface area contributed by atoms with Crippen molar-refractivity contribution in [1.29, 1.82) is 0 Å². The number of nitrogens with one attached hydrogen (secondary N) is 1. The van der Waals surface area contributed by atoms with E-state index in [1.54, 1.807) is 12.5 Å². The van der Waals surface area contributed by atoms with Gasteiger partial charge in [-0.3, -0.25) is 4.79 Å². The highest BCUT2D eigenvalue weighted by Crippen LogP contribution is 2.26. The molecule has 144 valence electrons. The third kappa shape index (κ3) is 5.88. The smallest absolute Gasteiger partial charge is 0.253 e. The molecule has 0 unspecified atom stereocenters. The van der Waals surface area contributed by atoms with Crippen molar-refractivity contribution in [3.05, 3.63) is 43.0 Å². The number of imidazole rings is 1. The maximum Gasteiger partial charge on any atom is 0.253 e. The van der Waals surface area contributed by atoms with Gasteiger partial charge in [-0.05, 0) is 25.0 Å². The Morgan fingerprint density at radius 2 is 2.15 bits per heavy atom. The van der Waals surface area contributed by atoms with E-state index in [-0.39, 0.29) is 36.8 Å². The molecule has 1 amide bonds. The zero-order valence-corrected chi connectivity index (χ0v) is 15.9. The standard InChI is InChI=1S/C17H22N4O3.2ClH/c18-11-13-5-6-16(24-13)17(22)20-14-3-1-2-4-15(14)23-10-9-21-8-7-19-12-21;;/h1-4,7-8,12-13,16H,5-6,9-11,18H2,(H,20,22);2*1H/t13-,16+;;/m1../s1. The second-order valence-corrected chi connectivity index (χ2v) is 5.69. The fraction of sp³-hybridized carbons (Fsp3) is 0.412. The second-order valence-electron chi connectivity index (χ2n) is 5.69. The molecule has 1 aromatic heterocycles. The van der Waals surface area contributed by atoms with Crippen LogP contribution in [0.15, 0.2) is 43.0 Å². The average molecular weight is 403 g/mol. The molecule has 0 bridgehead atoms. The van der Waals surface area contributed by atoms with Crippen LogP contribution in [0.3, 0.4) is 0 Å². The van der Waals surface area contributed by atoms with Gasteiger partial charge in [0.1, 0.15) is 18.5 Å². The van der Waals surface area contributed by atoms with Crippen LogP contribution < -0.4 is 15.8 Å². The summed E-state index contributed by atoms with van der Waals surface area (Å²) >= 11 is 0. The third-order valence-corrected chi connectivity index (χ3v) is 3.97. The lowest BCUT2D eigenvalue weighted by Crippen LogP contribution is -2.30. The number of ether oxygens (including phenoxy) is 2. The van der Waals surface area contributed by atoms with Gasteiger partial charge < -0.3 is 25.1 Å². The number of carbonyl (C=O) groups is 1. The SMILES string of the molecule is Cl.Cl.NC[C@H]1CC[C@@H](C(=O)Nc2ccccc2OCCn2ccnc2)O1. The molecule has 0 spiro atoms. The summed E-state index contributed by atoms with van der Waals surface area (Å²) in [6.07, 6.45) is 6.38. The second kappa shape index (κ2) is 11.0. The van der Waals surface area contributed by atoms with Gasteiger partial charge in [0, 0.05) is 18.9 Å². The molecule has 1 saturated heterocycles. The Labute approximate surface area is 165 Å². The van der Waals surface area contributed by atoms with E-state index in [1.165, 1.54) is 0 Å². The average Bonchev–Trinajstić information content (AvgIpc) is 3.28. The minimum atomic E-state index is -0.447. The van der Waals surface area contributed by atoms with Crippen LogP contribution in [0, 0.1) is 0 Å². The quantitative estimate of drug-likeness (QED) is 0.740. The van der Waals surface area contributed by atoms with Crippen molar-refractivity contribution in [2.75, 3.05) is 18.5 Å². The van der Waals surface area contributed by atoms with Gasteiger partial charge in [0.2, 0.25) is 0 Å². The molecule has 0 saturated carbocycles. The number of anilines is 1. The number of nitrogens with zero attached hydrogens (tertiary/aromatic N) is 2. The number of carbonyl (C=O) groups excluding carboxylic acids is 1. The van der Waals surface area contributed by atoms with Crippen LogP contribution >= 0.6 is 24.8 Å². The highest BCUT2D eigenvalue weighted by molar-refractivity contribution is 5.95. The number of amides is 1. The molecule has 1 aliphatic heterocycles. The first-order valence-electron chi connectivity index (χ1n) is 8.10. The van der Waals surface area contributed by atoms with Crippen LogP contribution in [0.4, 0.5) is 5.69 Å². The third-order valence-electron chi connectivity index (χ3n) is 3.97. The van der Waals surface area contributed by atoms with E-state index in [9.17, 15) is 4.79 Å². The predicted octanol–water partition coefficient (Wildman–Crippen LogP) is 2.25. The zero-order chi connectivity index (χ0) is 16.8. The Bertz CT molecular complexity index is 670. The van der Waals surface area contributed by atoms with E-state index in [4.69, 9.17) is 15.2 Å². The summed E-state index contributed by atoms with van der Waals surface area (Å²) in [7, 11) is 0. The minimum absolute atomic E-state index is 0. The Kier molecular flexibility index (Phi) is 9.43. The van der Waals surface area contributed by atoms with Gasteiger partial charge in [-0.2, -0.15) is 0 Å². The van der Waals surface area contributed by atoms with E-state index in [0.717, 1.165) is 6.42 Å². The summed E-state index contributed by atoms with van der Waals surface area (Å²) in [5.41, 5.74) is 6.23. The van der Waals surface area contributed by atoms with Crippen LogP contribution in [0.5, 0.6) is 5.75 Å². The monoisotopic (exact) mass is 402 g/mol. The number of benzene rings is 1. The van der Waals surface area contributed by atoms with Crippen LogP contribution in [0.25, 0.3) is 0 Å². The molecule has 2 heterocycles. The molecule has 0 radical (unpaired) electrons. The van der Waals surface area contributed by atoms with Crippen LogP contribution in [-0.2, 0) is 16.1 Å². The van der Waals surface area contributed by atoms with Gasteiger partial charge in [-0.25, -0.2) is 4.98 Å². The van der Waals surface area contributed by atoms with E-state index < -0.39 is 6.10 Å². The van der Waals surface area contributed by atoms with E-state index >= 15 is 0 Å². The first-order valence-corrected chi connectivity index (χ1v) is 8.10. The summed E-state index contributed by atoms with van der Waals surface area (Å²) in [4.78, 5) is 16.3.